The maximum absolute atomic E-state index is 13.5. The molecule has 3 atom stereocenters. The fourth-order valence-corrected chi connectivity index (χ4v) is 7.83. The highest BCUT2D eigenvalue weighted by Gasteiger charge is 2.48. The van der Waals surface area contributed by atoms with E-state index in [0.29, 0.717) is 20.2 Å². The maximum atomic E-state index is 13.5. The minimum atomic E-state index is 0. The van der Waals surface area contributed by atoms with Gasteiger partial charge in [0, 0.05) is 48.9 Å². The van der Waals surface area contributed by atoms with Gasteiger partial charge in [0.1, 0.15) is 15.8 Å². The van der Waals surface area contributed by atoms with Crippen LogP contribution in [0.15, 0.2) is 39.7 Å². The number of furan rings is 1. The van der Waals surface area contributed by atoms with Crippen LogP contribution >= 0.6 is 48.0 Å². The summed E-state index contributed by atoms with van der Waals surface area (Å²) >= 11 is 13.2. The van der Waals surface area contributed by atoms with Crippen molar-refractivity contribution in [3.63, 3.8) is 0 Å². The van der Waals surface area contributed by atoms with Crippen LogP contribution < -0.4 is 5.32 Å². The highest BCUT2D eigenvalue weighted by atomic mass is 35.5. The predicted octanol–water partition coefficient (Wildman–Crippen LogP) is 6.25. The van der Waals surface area contributed by atoms with E-state index in [1.54, 1.807) is 0 Å². The second-order valence-corrected chi connectivity index (χ2v) is 12.6. The van der Waals surface area contributed by atoms with Crippen molar-refractivity contribution in [1.82, 2.24) is 15.1 Å². The molecule has 1 N–H and O–H groups in total. The third-order valence-electron chi connectivity index (χ3n) is 8.22. The number of benzene rings is 1. The van der Waals surface area contributed by atoms with Crippen LogP contribution in [0.5, 0.6) is 0 Å². The van der Waals surface area contributed by atoms with Gasteiger partial charge in [0.05, 0.1) is 4.91 Å². The standard InChI is InChI=1S/C28H32ClN3O2S2.ClH/c29-22-7-5-19(6-8-22)24-16-21(2-1-11-31-12-9-30-10-13-31)25(34-24)17-26-27(33)32(28(35)36-26)23-15-18-3-4-20(23)14-18;/h5-8,16-18,20,23,30H,1-4,9-15H2;1H/b26-17-;. The van der Waals surface area contributed by atoms with Crippen LogP contribution in [0.25, 0.3) is 17.4 Å². The lowest BCUT2D eigenvalue weighted by Crippen LogP contribution is -2.43. The van der Waals surface area contributed by atoms with Crippen molar-refractivity contribution in [3.8, 4) is 11.3 Å². The number of carbonyl (C=O) groups is 1. The van der Waals surface area contributed by atoms with Crippen LogP contribution in [-0.2, 0) is 11.2 Å². The van der Waals surface area contributed by atoms with E-state index in [9.17, 15) is 4.79 Å². The van der Waals surface area contributed by atoms with Gasteiger partial charge in [-0.1, -0.05) is 42.0 Å². The summed E-state index contributed by atoms with van der Waals surface area (Å²) in [5.74, 6) is 3.01. The molecule has 4 aliphatic rings. The molecule has 2 aliphatic heterocycles. The van der Waals surface area contributed by atoms with Gasteiger partial charge >= 0.3 is 0 Å². The molecule has 3 heterocycles. The highest BCUT2D eigenvalue weighted by Crippen LogP contribution is 2.49. The van der Waals surface area contributed by atoms with E-state index in [1.807, 2.05) is 35.2 Å². The fraction of sp³-hybridized carbons (Fsp3) is 0.500. The van der Waals surface area contributed by atoms with E-state index in [2.05, 4.69) is 16.3 Å². The minimum Gasteiger partial charge on any atom is -0.456 e. The van der Waals surface area contributed by atoms with Crippen molar-refractivity contribution in [2.75, 3.05) is 32.7 Å². The number of fused-ring (bicyclic) bond motifs is 2. The summed E-state index contributed by atoms with van der Waals surface area (Å²) in [6.45, 7) is 5.37. The molecule has 4 fully saturated rings. The Hall–Kier alpha value is -1.35. The zero-order chi connectivity index (χ0) is 24.6. The van der Waals surface area contributed by atoms with E-state index in [-0.39, 0.29) is 24.4 Å². The fourth-order valence-electron chi connectivity index (χ4n) is 6.36. The number of amides is 1. The summed E-state index contributed by atoms with van der Waals surface area (Å²) < 4.78 is 7.07. The molecule has 9 heteroatoms. The molecule has 2 bridgehead atoms. The Morgan fingerprint density at radius 3 is 2.65 bits per heavy atom. The molecule has 2 saturated carbocycles. The predicted molar refractivity (Wildman–Crippen MR) is 158 cm³/mol. The number of hydrogen-bond donors (Lipinski definition) is 1. The van der Waals surface area contributed by atoms with Crippen molar-refractivity contribution in [2.24, 2.45) is 11.8 Å². The zero-order valence-electron chi connectivity index (χ0n) is 20.8. The first kappa shape index (κ1) is 27.2. The SMILES string of the molecule is Cl.O=C1/C(=C/c2oc(-c3ccc(Cl)cc3)cc2CCCN2CCNCC2)SC(=S)N1C1CC2CCC1C2. The number of nitrogens with zero attached hydrogens (tertiary/aromatic N) is 2. The van der Waals surface area contributed by atoms with Crippen LogP contribution in [-0.4, -0.2) is 58.8 Å². The molecule has 2 aliphatic carbocycles. The monoisotopic (exact) mass is 577 g/mol. The number of hydrogen-bond acceptors (Lipinski definition) is 6. The van der Waals surface area contributed by atoms with Gasteiger partial charge in [-0.25, -0.2) is 0 Å². The number of aryl methyl sites for hydroxylation is 1. The van der Waals surface area contributed by atoms with Gasteiger partial charge in [-0.2, -0.15) is 0 Å². The summed E-state index contributed by atoms with van der Waals surface area (Å²) in [6.07, 6.45) is 8.77. The van der Waals surface area contributed by atoms with Crippen molar-refractivity contribution in [3.05, 3.63) is 51.6 Å². The smallest absolute Gasteiger partial charge is 0.266 e. The van der Waals surface area contributed by atoms with Crippen LogP contribution in [0.4, 0.5) is 0 Å². The van der Waals surface area contributed by atoms with Gasteiger partial charge < -0.3 is 14.6 Å². The van der Waals surface area contributed by atoms with E-state index < -0.39 is 0 Å². The first-order chi connectivity index (χ1) is 17.5. The summed E-state index contributed by atoms with van der Waals surface area (Å²) in [7, 11) is 0. The van der Waals surface area contributed by atoms with E-state index in [0.717, 1.165) is 80.6 Å². The molecule has 3 unspecified atom stereocenters. The van der Waals surface area contributed by atoms with Crippen LogP contribution in [0.1, 0.15) is 43.4 Å². The lowest BCUT2D eigenvalue weighted by atomic mass is 9.94. The zero-order valence-corrected chi connectivity index (χ0v) is 24.0. The largest absolute Gasteiger partial charge is 0.456 e. The molecule has 6 rings (SSSR count). The molecule has 0 spiro atoms. The average Bonchev–Trinajstić information content (AvgIpc) is 3.66. The Morgan fingerprint density at radius 1 is 1.16 bits per heavy atom. The number of thiocarbonyl (C=S) groups is 1. The first-order valence-corrected chi connectivity index (χ1v) is 14.7. The van der Waals surface area contributed by atoms with Crippen molar-refractivity contribution in [1.29, 1.82) is 0 Å². The lowest BCUT2D eigenvalue weighted by molar-refractivity contribution is -0.124. The molecule has 1 amide bonds. The number of piperazine rings is 1. The topological polar surface area (TPSA) is 48.7 Å². The van der Waals surface area contributed by atoms with Gasteiger partial charge in [-0.15, -0.1) is 12.4 Å². The number of carbonyl (C=O) groups excluding carboxylic acids is 1. The van der Waals surface area contributed by atoms with Crippen LogP contribution in [0, 0.1) is 11.8 Å². The van der Waals surface area contributed by atoms with Gasteiger partial charge in [0.2, 0.25) is 0 Å². The minimum absolute atomic E-state index is 0. The van der Waals surface area contributed by atoms with Crippen LogP contribution in [0.3, 0.4) is 0 Å². The van der Waals surface area contributed by atoms with Crippen molar-refractivity contribution in [2.45, 2.75) is 44.6 Å². The molecular formula is C28H33Cl2N3O2S2. The van der Waals surface area contributed by atoms with E-state index >= 15 is 0 Å². The number of halogens is 2. The molecule has 1 aromatic carbocycles. The van der Waals surface area contributed by atoms with Crippen molar-refractivity contribution < 1.29 is 9.21 Å². The highest BCUT2D eigenvalue weighted by molar-refractivity contribution is 8.26. The molecule has 2 aromatic rings. The summed E-state index contributed by atoms with van der Waals surface area (Å²) in [4.78, 5) is 18.6. The lowest BCUT2D eigenvalue weighted by Gasteiger charge is -2.30. The summed E-state index contributed by atoms with van der Waals surface area (Å²) in [5, 5.41) is 4.12. The second kappa shape index (κ2) is 11.8. The first-order valence-electron chi connectivity index (χ1n) is 13.1. The Balaban J connectivity index is 0.00000280. The second-order valence-electron chi connectivity index (χ2n) is 10.5. The third kappa shape index (κ3) is 5.82. The normalized spacial score (nSPS) is 26.9. The molecule has 5 nitrogen and oxygen atoms in total. The van der Waals surface area contributed by atoms with Gasteiger partial charge in [-0.05, 0) is 86.4 Å². The third-order valence-corrected chi connectivity index (χ3v) is 9.80. The van der Waals surface area contributed by atoms with Crippen LogP contribution in [0.2, 0.25) is 5.02 Å². The average molecular weight is 579 g/mol. The van der Waals surface area contributed by atoms with E-state index in [4.69, 9.17) is 28.2 Å². The van der Waals surface area contributed by atoms with Crippen molar-refractivity contribution >= 4 is 64.3 Å². The van der Waals surface area contributed by atoms with Gasteiger partial charge in [0.15, 0.2) is 0 Å². The summed E-state index contributed by atoms with van der Waals surface area (Å²) in [6, 6.07) is 10.1. The maximum Gasteiger partial charge on any atom is 0.266 e. The Bertz CT molecular complexity index is 1180. The Morgan fingerprint density at radius 2 is 1.95 bits per heavy atom. The van der Waals surface area contributed by atoms with Gasteiger partial charge in [0.25, 0.3) is 5.91 Å². The molecule has 1 aromatic heterocycles. The molecule has 198 valence electrons. The molecule has 0 radical (unpaired) electrons. The summed E-state index contributed by atoms with van der Waals surface area (Å²) in [5.41, 5.74) is 2.12. The quantitative estimate of drug-likeness (QED) is 0.310. The molecular weight excluding hydrogens is 545 g/mol. The number of thioether (sulfide) groups is 1. The van der Waals surface area contributed by atoms with Gasteiger partial charge in [-0.3, -0.25) is 9.69 Å². The Kier molecular flexibility index (Phi) is 8.69. The molecule has 37 heavy (non-hydrogen) atoms. The number of nitrogens with one attached hydrogen (secondary N) is 1. The van der Waals surface area contributed by atoms with E-state index in [1.165, 1.54) is 31.0 Å². The Labute approximate surface area is 239 Å². The molecule has 2 saturated heterocycles. The number of rotatable bonds is 7.